The number of likely N-dealkylation sites (N-methyl/N-ethyl adjacent to an activating group) is 1. The minimum Gasteiger partial charge on any atom is -0.371 e. The van der Waals surface area contributed by atoms with Gasteiger partial charge in [0.1, 0.15) is 11.9 Å². The first kappa shape index (κ1) is 19.9. The van der Waals surface area contributed by atoms with Crippen molar-refractivity contribution in [2.45, 2.75) is 33.2 Å². The summed E-state index contributed by atoms with van der Waals surface area (Å²) >= 11 is 0. The predicted octanol–water partition coefficient (Wildman–Crippen LogP) is 3.60. The van der Waals surface area contributed by atoms with Crippen molar-refractivity contribution in [2.75, 3.05) is 23.3 Å². The van der Waals surface area contributed by atoms with E-state index < -0.39 is 17.8 Å². The molecular weight excluding hydrogens is 357 g/mol. The van der Waals surface area contributed by atoms with Crippen LogP contribution in [0.15, 0.2) is 42.5 Å². The number of carbonyl (C=O) groups excluding carboxylic acids is 2. The molecule has 3 rings (SSSR count). The average molecular weight is 383 g/mol. The Bertz CT molecular complexity index is 865. The normalized spacial score (nSPS) is 14.0. The average Bonchev–Trinajstić information content (AvgIpc) is 3.08. The van der Waals surface area contributed by atoms with Crippen molar-refractivity contribution in [3.05, 3.63) is 59.4 Å². The number of amides is 2. The Balaban J connectivity index is 1.71. The number of nitrogens with one attached hydrogen (secondary N) is 2. The zero-order chi connectivity index (χ0) is 20.3. The van der Waals surface area contributed by atoms with Gasteiger partial charge in [-0.15, -0.1) is 0 Å². The van der Waals surface area contributed by atoms with Gasteiger partial charge in [0.15, 0.2) is 0 Å². The first-order chi connectivity index (χ1) is 13.4. The Kier molecular flexibility index (Phi) is 5.97. The van der Waals surface area contributed by atoms with E-state index in [2.05, 4.69) is 22.5 Å². The molecule has 6 heteroatoms. The van der Waals surface area contributed by atoms with Crippen molar-refractivity contribution in [3.63, 3.8) is 0 Å². The number of anilines is 2. The molecule has 1 aliphatic rings. The van der Waals surface area contributed by atoms with Crippen LogP contribution in [-0.4, -0.2) is 30.9 Å². The van der Waals surface area contributed by atoms with Crippen LogP contribution in [0, 0.1) is 11.7 Å². The van der Waals surface area contributed by atoms with Crippen LogP contribution >= 0.6 is 0 Å². The first-order valence-electron chi connectivity index (χ1n) is 9.64. The molecule has 1 aliphatic heterocycles. The Morgan fingerprint density at radius 1 is 1.14 bits per heavy atom. The Morgan fingerprint density at radius 2 is 1.86 bits per heavy atom. The summed E-state index contributed by atoms with van der Waals surface area (Å²) in [5.74, 6) is -1.19. The molecule has 0 fully saturated rings. The van der Waals surface area contributed by atoms with E-state index in [0.29, 0.717) is 11.3 Å². The lowest BCUT2D eigenvalue weighted by Crippen LogP contribution is -2.47. The van der Waals surface area contributed by atoms with Gasteiger partial charge in [-0.1, -0.05) is 19.9 Å². The maximum atomic E-state index is 13.1. The highest BCUT2D eigenvalue weighted by atomic mass is 19.1. The van der Waals surface area contributed by atoms with Crippen LogP contribution in [0.3, 0.4) is 0 Å². The third-order valence-electron chi connectivity index (χ3n) is 5.07. The third-order valence-corrected chi connectivity index (χ3v) is 5.07. The molecule has 0 spiro atoms. The van der Waals surface area contributed by atoms with Crippen molar-refractivity contribution in [1.29, 1.82) is 0 Å². The van der Waals surface area contributed by atoms with E-state index in [9.17, 15) is 14.0 Å². The number of nitrogens with zero attached hydrogens (tertiary/aromatic N) is 1. The van der Waals surface area contributed by atoms with Crippen LogP contribution < -0.4 is 15.5 Å². The summed E-state index contributed by atoms with van der Waals surface area (Å²) in [4.78, 5) is 27.5. The monoisotopic (exact) mass is 383 g/mol. The highest BCUT2D eigenvalue weighted by Gasteiger charge is 2.25. The molecule has 1 heterocycles. The minimum atomic E-state index is -0.701. The minimum absolute atomic E-state index is 0.106. The highest BCUT2D eigenvalue weighted by Crippen LogP contribution is 2.30. The van der Waals surface area contributed by atoms with Crippen LogP contribution in [0.2, 0.25) is 0 Å². The molecule has 5 nitrogen and oxygen atoms in total. The number of rotatable bonds is 6. The molecule has 2 N–H and O–H groups in total. The second-order valence-electron chi connectivity index (χ2n) is 7.36. The standard InChI is InChI=1S/C22H26FN3O2/c1-4-26-12-11-15-7-10-18(13-19(15)26)24-22(28)20(14(2)3)25-21(27)16-5-8-17(23)9-6-16/h5-10,13-14,20H,4,11-12H2,1-3H3,(H,24,28)(H,25,27). The van der Waals surface area contributed by atoms with E-state index in [0.717, 1.165) is 25.2 Å². The second kappa shape index (κ2) is 8.42. The van der Waals surface area contributed by atoms with E-state index in [-0.39, 0.29) is 11.8 Å². The van der Waals surface area contributed by atoms with Crippen molar-refractivity contribution < 1.29 is 14.0 Å². The lowest BCUT2D eigenvalue weighted by molar-refractivity contribution is -0.118. The molecule has 0 bridgehead atoms. The van der Waals surface area contributed by atoms with E-state index in [1.807, 2.05) is 32.0 Å². The van der Waals surface area contributed by atoms with E-state index in [1.54, 1.807) is 0 Å². The highest BCUT2D eigenvalue weighted by molar-refractivity contribution is 6.01. The fourth-order valence-electron chi connectivity index (χ4n) is 3.43. The van der Waals surface area contributed by atoms with E-state index >= 15 is 0 Å². The molecule has 28 heavy (non-hydrogen) atoms. The lowest BCUT2D eigenvalue weighted by atomic mass is 10.0. The summed E-state index contributed by atoms with van der Waals surface area (Å²) in [6.45, 7) is 7.77. The van der Waals surface area contributed by atoms with Gasteiger partial charge in [-0.25, -0.2) is 4.39 Å². The molecular formula is C22H26FN3O2. The molecule has 2 aromatic rings. The Morgan fingerprint density at radius 3 is 2.50 bits per heavy atom. The molecule has 0 saturated heterocycles. The van der Waals surface area contributed by atoms with Crippen molar-refractivity contribution >= 4 is 23.2 Å². The molecule has 1 atom stereocenters. The first-order valence-corrected chi connectivity index (χ1v) is 9.64. The molecule has 0 aliphatic carbocycles. The van der Waals surface area contributed by atoms with Gasteiger partial charge in [0.2, 0.25) is 5.91 Å². The number of halogens is 1. The number of benzene rings is 2. The van der Waals surface area contributed by atoms with Gasteiger partial charge in [0.05, 0.1) is 0 Å². The molecule has 148 valence electrons. The van der Waals surface area contributed by atoms with Crippen molar-refractivity contribution in [3.8, 4) is 0 Å². The summed E-state index contributed by atoms with van der Waals surface area (Å²) in [5.41, 5.74) is 3.46. The second-order valence-corrected chi connectivity index (χ2v) is 7.36. The van der Waals surface area contributed by atoms with Crippen LogP contribution in [0.25, 0.3) is 0 Å². The smallest absolute Gasteiger partial charge is 0.251 e. The number of carbonyl (C=O) groups is 2. The lowest BCUT2D eigenvalue weighted by Gasteiger charge is -2.22. The fourth-order valence-corrected chi connectivity index (χ4v) is 3.43. The van der Waals surface area contributed by atoms with E-state index in [1.165, 1.54) is 29.8 Å². The van der Waals surface area contributed by atoms with Crippen LogP contribution in [0.5, 0.6) is 0 Å². The summed E-state index contributed by atoms with van der Waals surface area (Å²) in [6, 6.07) is 10.5. The number of hydrogen-bond donors (Lipinski definition) is 2. The SMILES string of the molecule is CCN1CCc2ccc(NC(=O)C(NC(=O)c3ccc(F)cc3)C(C)C)cc21. The maximum Gasteiger partial charge on any atom is 0.251 e. The van der Waals surface area contributed by atoms with E-state index in [4.69, 9.17) is 0 Å². The largest absolute Gasteiger partial charge is 0.371 e. The third kappa shape index (κ3) is 4.32. The molecule has 2 aromatic carbocycles. The van der Waals surface area contributed by atoms with Crippen LogP contribution in [0.4, 0.5) is 15.8 Å². The van der Waals surface area contributed by atoms with Crippen LogP contribution in [-0.2, 0) is 11.2 Å². The number of hydrogen-bond acceptors (Lipinski definition) is 3. The quantitative estimate of drug-likeness (QED) is 0.801. The van der Waals surface area contributed by atoms with Gasteiger partial charge in [-0.05, 0) is 61.2 Å². The Labute approximate surface area is 164 Å². The van der Waals surface area contributed by atoms with Crippen molar-refractivity contribution in [2.24, 2.45) is 5.92 Å². The number of fused-ring (bicyclic) bond motifs is 1. The summed E-state index contributed by atoms with van der Waals surface area (Å²) in [6.07, 6.45) is 1.01. The zero-order valence-electron chi connectivity index (χ0n) is 16.5. The van der Waals surface area contributed by atoms with Gasteiger partial charge in [-0.3, -0.25) is 9.59 Å². The zero-order valence-corrected chi connectivity index (χ0v) is 16.5. The maximum absolute atomic E-state index is 13.1. The molecule has 0 radical (unpaired) electrons. The topological polar surface area (TPSA) is 61.4 Å². The van der Waals surface area contributed by atoms with Gasteiger partial charge in [0.25, 0.3) is 5.91 Å². The Hall–Kier alpha value is -2.89. The fraction of sp³-hybridized carbons (Fsp3) is 0.364. The van der Waals surface area contributed by atoms with Gasteiger partial charge < -0.3 is 15.5 Å². The van der Waals surface area contributed by atoms with Gasteiger partial charge in [-0.2, -0.15) is 0 Å². The molecule has 0 aromatic heterocycles. The van der Waals surface area contributed by atoms with Gasteiger partial charge in [0, 0.05) is 30.0 Å². The molecule has 1 unspecified atom stereocenters. The van der Waals surface area contributed by atoms with Gasteiger partial charge >= 0.3 is 0 Å². The molecule has 2 amide bonds. The molecule has 0 saturated carbocycles. The van der Waals surface area contributed by atoms with Crippen molar-refractivity contribution in [1.82, 2.24) is 5.32 Å². The summed E-state index contributed by atoms with van der Waals surface area (Å²) in [7, 11) is 0. The van der Waals surface area contributed by atoms with Crippen LogP contribution in [0.1, 0.15) is 36.7 Å². The summed E-state index contributed by atoms with van der Waals surface area (Å²) < 4.78 is 13.1. The summed E-state index contributed by atoms with van der Waals surface area (Å²) in [5, 5.41) is 5.68. The predicted molar refractivity (Wildman–Crippen MR) is 109 cm³/mol.